The smallest absolute Gasteiger partial charge is 0.410 e. The minimum Gasteiger partial charge on any atom is -0.444 e. The first-order valence-corrected chi connectivity index (χ1v) is 7.92. The third kappa shape index (κ3) is 4.37. The molecule has 120 valence electrons. The second kappa shape index (κ2) is 6.26. The van der Waals surface area contributed by atoms with Crippen LogP contribution in [0.15, 0.2) is 12.3 Å². The summed E-state index contributed by atoms with van der Waals surface area (Å²) in [5.74, 6) is 0.439. The van der Waals surface area contributed by atoms with Gasteiger partial charge in [-0.05, 0) is 46.6 Å². The van der Waals surface area contributed by atoms with Gasteiger partial charge in [-0.25, -0.2) is 4.79 Å². The molecule has 2 saturated heterocycles. The molecule has 0 bridgehead atoms. The zero-order valence-corrected chi connectivity index (χ0v) is 13.6. The van der Waals surface area contributed by atoms with E-state index in [9.17, 15) is 4.79 Å². The van der Waals surface area contributed by atoms with Crippen molar-refractivity contribution in [2.75, 3.05) is 26.2 Å². The van der Waals surface area contributed by atoms with Crippen molar-refractivity contribution >= 4 is 6.09 Å². The Labute approximate surface area is 128 Å². The Hall–Kier alpha value is -1.23. The molecule has 5 nitrogen and oxygen atoms in total. The Kier molecular flexibility index (Phi) is 4.81. The first-order chi connectivity index (χ1) is 9.76. The molecular formula is C16H29N3O2. The molecule has 1 atom stereocenters. The minimum absolute atomic E-state index is 0.185. The minimum atomic E-state index is -0.419. The number of nitrogens with two attached hydrogens (primary N) is 1. The molecule has 0 aromatic rings. The van der Waals surface area contributed by atoms with Gasteiger partial charge in [0.1, 0.15) is 5.60 Å². The summed E-state index contributed by atoms with van der Waals surface area (Å²) >= 11 is 0. The molecule has 0 unspecified atom stereocenters. The predicted octanol–water partition coefficient (Wildman–Crippen LogP) is 2.18. The molecule has 0 spiro atoms. The fourth-order valence-corrected chi connectivity index (χ4v) is 3.16. The monoisotopic (exact) mass is 295 g/mol. The lowest BCUT2D eigenvalue weighted by Crippen LogP contribution is -2.47. The Morgan fingerprint density at radius 3 is 2.29 bits per heavy atom. The maximum Gasteiger partial charge on any atom is 0.410 e. The van der Waals surface area contributed by atoms with Crippen LogP contribution in [0.3, 0.4) is 0 Å². The van der Waals surface area contributed by atoms with E-state index in [0.717, 1.165) is 51.1 Å². The molecular weight excluding hydrogens is 266 g/mol. The molecule has 2 N–H and O–H groups in total. The average molecular weight is 295 g/mol. The lowest BCUT2D eigenvalue weighted by molar-refractivity contribution is 0.0155. The second-order valence-corrected chi connectivity index (χ2v) is 7.25. The van der Waals surface area contributed by atoms with Crippen LogP contribution in [0, 0.1) is 5.92 Å². The van der Waals surface area contributed by atoms with Crippen molar-refractivity contribution < 1.29 is 9.53 Å². The normalized spacial score (nSPS) is 25.1. The number of ether oxygens (including phenoxy) is 1. The topological polar surface area (TPSA) is 58.8 Å². The van der Waals surface area contributed by atoms with Crippen LogP contribution in [-0.2, 0) is 4.74 Å². The summed E-state index contributed by atoms with van der Waals surface area (Å²) in [6.07, 6.45) is 2.96. The largest absolute Gasteiger partial charge is 0.444 e. The van der Waals surface area contributed by atoms with E-state index in [2.05, 4.69) is 11.5 Å². The third-order valence-electron chi connectivity index (χ3n) is 4.38. The molecule has 21 heavy (non-hydrogen) atoms. The van der Waals surface area contributed by atoms with Crippen LogP contribution in [-0.4, -0.2) is 53.7 Å². The maximum atomic E-state index is 12.0. The van der Waals surface area contributed by atoms with Crippen molar-refractivity contribution in [2.24, 2.45) is 11.7 Å². The third-order valence-corrected chi connectivity index (χ3v) is 4.38. The van der Waals surface area contributed by atoms with E-state index in [1.807, 2.05) is 25.7 Å². The van der Waals surface area contributed by atoms with E-state index < -0.39 is 5.60 Å². The highest BCUT2D eigenvalue weighted by atomic mass is 16.6. The molecule has 2 rings (SSSR count). The fraction of sp³-hybridized carbons (Fsp3) is 0.812. The lowest BCUT2D eigenvalue weighted by Gasteiger charge is -2.37. The number of hydrogen-bond acceptors (Lipinski definition) is 4. The van der Waals surface area contributed by atoms with Crippen molar-refractivity contribution in [1.82, 2.24) is 9.80 Å². The summed E-state index contributed by atoms with van der Waals surface area (Å²) in [4.78, 5) is 16.4. The highest BCUT2D eigenvalue weighted by molar-refractivity contribution is 5.68. The van der Waals surface area contributed by atoms with Gasteiger partial charge in [-0.15, -0.1) is 0 Å². The van der Waals surface area contributed by atoms with Gasteiger partial charge in [0.15, 0.2) is 0 Å². The molecule has 0 aromatic heterocycles. The highest BCUT2D eigenvalue weighted by Crippen LogP contribution is 2.26. The zero-order valence-electron chi connectivity index (χ0n) is 13.6. The number of carbonyl (C=O) groups is 1. The van der Waals surface area contributed by atoms with E-state index >= 15 is 0 Å². The summed E-state index contributed by atoms with van der Waals surface area (Å²) in [5.41, 5.74) is 6.21. The van der Waals surface area contributed by atoms with Crippen LogP contribution in [0.5, 0.6) is 0 Å². The van der Waals surface area contributed by atoms with Crippen molar-refractivity contribution in [3.05, 3.63) is 12.3 Å². The van der Waals surface area contributed by atoms with Crippen LogP contribution < -0.4 is 5.73 Å². The number of piperidine rings is 1. The average Bonchev–Trinajstić information content (AvgIpc) is 2.86. The number of hydrogen-bond donors (Lipinski definition) is 1. The van der Waals surface area contributed by atoms with Crippen LogP contribution in [0.25, 0.3) is 0 Å². The molecule has 5 heteroatoms. The van der Waals surface area contributed by atoms with Gasteiger partial charge >= 0.3 is 6.09 Å². The first kappa shape index (κ1) is 16.1. The standard InChI is InChI=1S/C16H29N3O2/c1-12(17)13-5-8-19(11-13)14-6-9-18(10-7-14)15(20)21-16(2,3)4/h13-14H,1,5-11,17H2,2-4H3/t13-/m0/s1. The number of nitrogens with zero attached hydrogens (tertiary/aromatic N) is 2. The molecule has 0 aromatic carbocycles. The maximum absolute atomic E-state index is 12.0. The Morgan fingerprint density at radius 1 is 1.19 bits per heavy atom. The van der Waals surface area contributed by atoms with Crippen LogP contribution >= 0.6 is 0 Å². The molecule has 2 fully saturated rings. The SMILES string of the molecule is C=C(N)[C@H]1CCN(C2CCN(C(=O)OC(C)(C)C)CC2)C1. The van der Waals surface area contributed by atoms with Crippen molar-refractivity contribution in [3.63, 3.8) is 0 Å². The van der Waals surface area contributed by atoms with Gasteiger partial charge in [0.25, 0.3) is 0 Å². The van der Waals surface area contributed by atoms with Gasteiger partial charge in [-0.3, -0.25) is 4.90 Å². The van der Waals surface area contributed by atoms with Crippen LogP contribution in [0.1, 0.15) is 40.0 Å². The Balaban J connectivity index is 1.79. The zero-order chi connectivity index (χ0) is 15.6. The van der Waals surface area contributed by atoms with Crippen LogP contribution in [0.4, 0.5) is 4.79 Å². The highest BCUT2D eigenvalue weighted by Gasteiger charge is 2.33. The van der Waals surface area contributed by atoms with Gasteiger partial charge < -0.3 is 15.4 Å². The van der Waals surface area contributed by atoms with Gasteiger partial charge in [0.05, 0.1) is 0 Å². The van der Waals surface area contributed by atoms with Crippen molar-refractivity contribution in [1.29, 1.82) is 0 Å². The molecule has 0 radical (unpaired) electrons. The van der Waals surface area contributed by atoms with Gasteiger partial charge in [0.2, 0.25) is 0 Å². The van der Waals surface area contributed by atoms with Gasteiger partial charge in [-0.1, -0.05) is 6.58 Å². The fourth-order valence-electron chi connectivity index (χ4n) is 3.16. The Morgan fingerprint density at radius 2 is 1.81 bits per heavy atom. The quantitative estimate of drug-likeness (QED) is 0.848. The van der Waals surface area contributed by atoms with Crippen molar-refractivity contribution in [2.45, 2.75) is 51.7 Å². The summed E-state index contributed by atoms with van der Waals surface area (Å²) in [5, 5.41) is 0. The summed E-state index contributed by atoms with van der Waals surface area (Å²) in [6, 6.07) is 0.563. The summed E-state index contributed by atoms with van der Waals surface area (Å²) < 4.78 is 5.43. The first-order valence-electron chi connectivity index (χ1n) is 7.92. The predicted molar refractivity (Wildman–Crippen MR) is 83.8 cm³/mol. The number of carbonyl (C=O) groups excluding carboxylic acids is 1. The molecule has 0 aliphatic carbocycles. The van der Waals surface area contributed by atoms with E-state index in [1.54, 1.807) is 0 Å². The number of likely N-dealkylation sites (tertiary alicyclic amines) is 2. The van der Waals surface area contributed by atoms with Crippen molar-refractivity contribution in [3.8, 4) is 0 Å². The second-order valence-electron chi connectivity index (χ2n) is 7.25. The number of amides is 1. The molecule has 2 aliphatic rings. The molecule has 2 heterocycles. The summed E-state index contributed by atoms with van der Waals surface area (Å²) in [7, 11) is 0. The van der Waals surface area contributed by atoms with E-state index in [-0.39, 0.29) is 6.09 Å². The Bertz CT molecular complexity index is 395. The van der Waals surface area contributed by atoms with Gasteiger partial charge in [0, 0.05) is 37.3 Å². The lowest BCUT2D eigenvalue weighted by atomic mass is 10.0. The van der Waals surface area contributed by atoms with E-state index in [0.29, 0.717) is 12.0 Å². The van der Waals surface area contributed by atoms with Crippen LogP contribution in [0.2, 0.25) is 0 Å². The van der Waals surface area contributed by atoms with E-state index in [1.165, 1.54) is 0 Å². The molecule has 1 amide bonds. The number of rotatable bonds is 2. The summed E-state index contributed by atoms with van der Waals surface area (Å²) in [6.45, 7) is 13.3. The molecule has 2 aliphatic heterocycles. The van der Waals surface area contributed by atoms with E-state index in [4.69, 9.17) is 10.5 Å². The van der Waals surface area contributed by atoms with Gasteiger partial charge in [-0.2, -0.15) is 0 Å². The molecule has 0 saturated carbocycles.